The number of hydrogen-bond donors (Lipinski definition) is 1. The number of carbonyl (C=O) groups is 1. The molecule has 0 saturated heterocycles. The topological polar surface area (TPSA) is 76.7 Å². The number of ether oxygens (including phenoxy) is 1. The van der Waals surface area contributed by atoms with E-state index >= 15 is 0 Å². The van der Waals surface area contributed by atoms with E-state index in [4.69, 9.17) is 14.3 Å². The van der Waals surface area contributed by atoms with Crippen molar-refractivity contribution < 1.29 is 19.1 Å². The highest BCUT2D eigenvalue weighted by atomic mass is 16.5. The molecule has 0 amide bonds. The maximum Gasteiger partial charge on any atom is 0.341 e. The SMILES string of the molecule is CC(C)c1cc2ccc(OCC(=O)O)cc2oc1=O. The third kappa shape index (κ3) is 2.93. The molecule has 0 bridgehead atoms. The number of hydrogen-bond acceptors (Lipinski definition) is 4. The van der Waals surface area contributed by atoms with Crippen LogP contribution in [0.25, 0.3) is 11.0 Å². The first kappa shape index (κ1) is 13.1. The molecule has 0 radical (unpaired) electrons. The van der Waals surface area contributed by atoms with E-state index in [1.807, 2.05) is 13.8 Å². The summed E-state index contributed by atoms with van der Waals surface area (Å²) in [4.78, 5) is 22.2. The summed E-state index contributed by atoms with van der Waals surface area (Å²) in [6, 6.07) is 6.69. The van der Waals surface area contributed by atoms with E-state index in [1.54, 1.807) is 18.2 Å². The first-order valence-corrected chi connectivity index (χ1v) is 5.90. The number of rotatable bonds is 4. The average molecular weight is 262 g/mol. The van der Waals surface area contributed by atoms with Crippen molar-refractivity contribution in [3.05, 3.63) is 40.2 Å². The molecule has 1 heterocycles. The van der Waals surface area contributed by atoms with Gasteiger partial charge in [-0.3, -0.25) is 0 Å². The van der Waals surface area contributed by atoms with Crippen LogP contribution in [-0.4, -0.2) is 17.7 Å². The number of fused-ring (bicyclic) bond motifs is 1. The van der Waals surface area contributed by atoms with Crippen LogP contribution in [0.2, 0.25) is 0 Å². The number of aliphatic carboxylic acids is 1. The molecule has 0 spiro atoms. The molecule has 0 atom stereocenters. The smallest absolute Gasteiger partial charge is 0.341 e. The van der Waals surface area contributed by atoms with Gasteiger partial charge in [0.2, 0.25) is 0 Å². The molecule has 19 heavy (non-hydrogen) atoms. The molecule has 0 saturated carbocycles. The van der Waals surface area contributed by atoms with Crippen molar-refractivity contribution >= 4 is 16.9 Å². The van der Waals surface area contributed by atoms with Crippen LogP contribution in [0.1, 0.15) is 25.3 Å². The Hall–Kier alpha value is -2.30. The Balaban J connectivity index is 2.41. The van der Waals surface area contributed by atoms with Gasteiger partial charge in [-0.2, -0.15) is 0 Å². The number of benzene rings is 1. The molecule has 5 heteroatoms. The quantitative estimate of drug-likeness (QED) is 0.856. The lowest BCUT2D eigenvalue weighted by Crippen LogP contribution is -2.10. The van der Waals surface area contributed by atoms with E-state index < -0.39 is 12.6 Å². The van der Waals surface area contributed by atoms with Crippen LogP contribution in [0.5, 0.6) is 5.75 Å². The van der Waals surface area contributed by atoms with Crippen LogP contribution in [0, 0.1) is 0 Å². The van der Waals surface area contributed by atoms with Crippen LogP contribution in [0.15, 0.2) is 33.5 Å². The fraction of sp³-hybridized carbons (Fsp3) is 0.286. The van der Waals surface area contributed by atoms with Crippen molar-refractivity contribution in [2.45, 2.75) is 19.8 Å². The molecule has 5 nitrogen and oxygen atoms in total. The van der Waals surface area contributed by atoms with Gasteiger partial charge in [0.1, 0.15) is 11.3 Å². The first-order valence-electron chi connectivity index (χ1n) is 5.90. The zero-order valence-corrected chi connectivity index (χ0v) is 10.7. The minimum atomic E-state index is -1.06. The van der Waals surface area contributed by atoms with E-state index in [0.717, 1.165) is 5.39 Å². The summed E-state index contributed by atoms with van der Waals surface area (Å²) in [6.07, 6.45) is 0. The third-order valence-electron chi connectivity index (χ3n) is 2.72. The molecule has 1 aromatic carbocycles. The van der Waals surface area contributed by atoms with Crippen molar-refractivity contribution in [2.24, 2.45) is 0 Å². The molecular weight excluding hydrogens is 248 g/mol. The maximum absolute atomic E-state index is 11.8. The summed E-state index contributed by atoms with van der Waals surface area (Å²) in [6.45, 7) is 3.41. The summed E-state index contributed by atoms with van der Waals surface area (Å²) in [7, 11) is 0. The fourth-order valence-corrected chi connectivity index (χ4v) is 1.74. The normalized spacial score (nSPS) is 10.9. The van der Waals surface area contributed by atoms with Gasteiger partial charge < -0.3 is 14.3 Å². The van der Waals surface area contributed by atoms with Gasteiger partial charge in [-0.15, -0.1) is 0 Å². The number of carboxylic acid groups (broad SMARTS) is 1. The second-order valence-electron chi connectivity index (χ2n) is 4.53. The lowest BCUT2D eigenvalue weighted by Gasteiger charge is -2.07. The van der Waals surface area contributed by atoms with E-state index in [1.165, 1.54) is 6.07 Å². The van der Waals surface area contributed by atoms with E-state index in [-0.39, 0.29) is 11.5 Å². The third-order valence-corrected chi connectivity index (χ3v) is 2.72. The Labute approximate surface area is 109 Å². The highest BCUT2D eigenvalue weighted by molar-refractivity contribution is 5.78. The van der Waals surface area contributed by atoms with Crippen molar-refractivity contribution in [2.75, 3.05) is 6.61 Å². The van der Waals surface area contributed by atoms with E-state index in [0.29, 0.717) is 16.9 Å². The summed E-state index contributed by atoms with van der Waals surface area (Å²) >= 11 is 0. The summed E-state index contributed by atoms with van der Waals surface area (Å²) < 4.78 is 10.3. The Morgan fingerprint density at radius 1 is 1.37 bits per heavy atom. The maximum atomic E-state index is 11.8. The van der Waals surface area contributed by atoms with Gasteiger partial charge in [0.05, 0.1) is 0 Å². The standard InChI is InChI=1S/C14H14O5/c1-8(2)11-5-9-3-4-10(18-7-13(15)16)6-12(9)19-14(11)17/h3-6,8H,7H2,1-2H3,(H,15,16). The molecule has 1 aromatic heterocycles. The van der Waals surface area contributed by atoms with Crippen molar-refractivity contribution in [3.8, 4) is 5.75 Å². The Morgan fingerprint density at radius 2 is 2.11 bits per heavy atom. The van der Waals surface area contributed by atoms with Gasteiger partial charge in [-0.05, 0) is 24.1 Å². The molecule has 100 valence electrons. The van der Waals surface area contributed by atoms with Crippen LogP contribution in [0.4, 0.5) is 0 Å². The molecule has 0 fully saturated rings. The molecule has 0 aliphatic rings. The lowest BCUT2D eigenvalue weighted by atomic mass is 10.0. The van der Waals surface area contributed by atoms with E-state index in [2.05, 4.69) is 0 Å². The molecule has 0 unspecified atom stereocenters. The Kier molecular flexibility index (Phi) is 3.55. The molecule has 1 N–H and O–H groups in total. The van der Waals surface area contributed by atoms with Crippen molar-refractivity contribution in [3.63, 3.8) is 0 Å². The highest BCUT2D eigenvalue weighted by Gasteiger charge is 2.09. The van der Waals surface area contributed by atoms with Crippen LogP contribution in [0.3, 0.4) is 0 Å². The second-order valence-corrected chi connectivity index (χ2v) is 4.53. The van der Waals surface area contributed by atoms with Gasteiger partial charge >= 0.3 is 11.6 Å². The fourth-order valence-electron chi connectivity index (χ4n) is 1.74. The summed E-state index contributed by atoms with van der Waals surface area (Å²) in [5, 5.41) is 9.31. The highest BCUT2D eigenvalue weighted by Crippen LogP contribution is 2.22. The van der Waals surface area contributed by atoms with E-state index in [9.17, 15) is 9.59 Å². The average Bonchev–Trinajstić information content (AvgIpc) is 2.34. The zero-order valence-electron chi connectivity index (χ0n) is 10.7. The molecular formula is C14H14O5. The summed E-state index contributed by atoms with van der Waals surface area (Å²) in [5.74, 6) is -0.615. The van der Waals surface area contributed by atoms with Crippen LogP contribution >= 0.6 is 0 Å². The molecule has 2 aromatic rings. The predicted octanol–water partition coefficient (Wildman–Crippen LogP) is 2.38. The van der Waals surface area contributed by atoms with Gasteiger partial charge in [0.15, 0.2) is 6.61 Å². The minimum Gasteiger partial charge on any atom is -0.482 e. The van der Waals surface area contributed by atoms with Crippen molar-refractivity contribution in [1.82, 2.24) is 0 Å². The Morgan fingerprint density at radius 3 is 2.74 bits per heavy atom. The monoisotopic (exact) mass is 262 g/mol. The molecule has 0 aliphatic heterocycles. The van der Waals surface area contributed by atoms with Gasteiger partial charge in [0.25, 0.3) is 0 Å². The van der Waals surface area contributed by atoms with Crippen LogP contribution in [-0.2, 0) is 4.79 Å². The zero-order chi connectivity index (χ0) is 14.0. The van der Waals surface area contributed by atoms with Gasteiger partial charge in [-0.1, -0.05) is 13.8 Å². The summed E-state index contributed by atoms with van der Waals surface area (Å²) in [5.41, 5.74) is 0.627. The lowest BCUT2D eigenvalue weighted by molar-refractivity contribution is -0.139. The number of carboxylic acids is 1. The first-order chi connectivity index (χ1) is 8.97. The molecule has 2 rings (SSSR count). The van der Waals surface area contributed by atoms with Crippen molar-refractivity contribution in [1.29, 1.82) is 0 Å². The second kappa shape index (κ2) is 5.14. The minimum absolute atomic E-state index is 0.0867. The Bertz CT molecular complexity index is 669. The largest absolute Gasteiger partial charge is 0.482 e. The van der Waals surface area contributed by atoms with Crippen LogP contribution < -0.4 is 10.4 Å². The van der Waals surface area contributed by atoms with Gasteiger partial charge in [-0.25, -0.2) is 9.59 Å². The van der Waals surface area contributed by atoms with Gasteiger partial charge in [0, 0.05) is 17.0 Å². The predicted molar refractivity (Wildman–Crippen MR) is 69.7 cm³/mol. The molecule has 0 aliphatic carbocycles.